The van der Waals surface area contributed by atoms with Gasteiger partial charge in [0.15, 0.2) is 17.3 Å². The molecule has 0 bridgehead atoms. The van der Waals surface area contributed by atoms with Gasteiger partial charge >= 0.3 is 0 Å². The summed E-state index contributed by atoms with van der Waals surface area (Å²) in [5.74, 6) is 3.17. The minimum absolute atomic E-state index is 0.101. The third-order valence-corrected chi connectivity index (χ3v) is 14.9. The summed E-state index contributed by atoms with van der Waals surface area (Å²) in [6.07, 6.45) is 12.8. The summed E-state index contributed by atoms with van der Waals surface area (Å²) in [6, 6.07) is 17.1. The Labute approximate surface area is 386 Å². The Bertz CT molecular complexity index is 3260. The lowest BCUT2D eigenvalue weighted by Gasteiger charge is -2.35. The van der Waals surface area contributed by atoms with E-state index in [-0.39, 0.29) is 18.1 Å². The predicted octanol–water partition coefficient (Wildman–Crippen LogP) is 8.42. The van der Waals surface area contributed by atoms with E-state index in [0.717, 1.165) is 95.1 Å². The minimum Gasteiger partial charge on any atom is -0.495 e. The lowest BCUT2D eigenvalue weighted by atomic mass is 10.1. The van der Waals surface area contributed by atoms with Crippen molar-refractivity contribution in [3.05, 3.63) is 90.3 Å². The maximum Gasteiger partial charge on any atom is 0.251 e. The number of aromatic amines is 2. The van der Waals surface area contributed by atoms with Crippen LogP contribution < -0.4 is 25.0 Å². The number of ether oxygens (including phenoxy) is 3. The van der Waals surface area contributed by atoms with Crippen molar-refractivity contribution in [2.75, 3.05) is 50.4 Å². The Kier molecular flexibility index (Phi) is 11.5. The molecule has 1 aliphatic heterocycles. The number of morpholine rings is 1. The molecule has 3 fully saturated rings. The molecular weight excluding hydrogens is 873 g/mol. The number of H-pyrrole nitrogens is 2. The number of fused-ring (bicyclic) bond motifs is 3. The Hall–Kier alpha value is -7.12. The quantitative estimate of drug-likeness (QED) is 0.0819. The Morgan fingerprint density at radius 1 is 0.985 bits per heavy atom. The number of methoxy groups -OCH3 is 1. The van der Waals surface area contributed by atoms with Crippen LogP contribution in [0.25, 0.3) is 55.7 Å². The highest BCUT2D eigenvalue weighted by molar-refractivity contribution is 7.93. The van der Waals surface area contributed by atoms with Crippen LogP contribution in [-0.4, -0.2) is 102 Å². The lowest BCUT2D eigenvalue weighted by Crippen LogP contribution is -2.44. The average molecular weight is 925 g/mol. The Morgan fingerprint density at radius 2 is 1.82 bits per heavy atom. The molecule has 11 rings (SSSR count). The van der Waals surface area contributed by atoms with Gasteiger partial charge in [0.25, 0.3) is 5.91 Å². The average Bonchev–Trinajstić information content (AvgIpc) is 3.71. The van der Waals surface area contributed by atoms with Crippen molar-refractivity contribution in [1.29, 1.82) is 4.78 Å². The van der Waals surface area contributed by atoms with E-state index in [0.29, 0.717) is 65.1 Å². The first kappa shape index (κ1) is 43.8. The number of carbonyl (C=O) groups is 1. The van der Waals surface area contributed by atoms with Crippen LogP contribution >= 0.6 is 0 Å². The molecule has 67 heavy (non-hydrogen) atoms. The van der Waals surface area contributed by atoms with Crippen molar-refractivity contribution in [3.63, 3.8) is 0 Å². The van der Waals surface area contributed by atoms with Crippen LogP contribution in [0.4, 0.5) is 17.5 Å². The van der Waals surface area contributed by atoms with E-state index in [1.165, 1.54) is 6.26 Å². The van der Waals surface area contributed by atoms with Gasteiger partial charge in [0.1, 0.15) is 34.5 Å². The van der Waals surface area contributed by atoms with E-state index in [4.69, 9.17) is 43.3 Å². The van der Waals surface area contributed by atoms with E-state index in [2.05, 4.69) is 42.4 Å². The van der Waals surface area contributed by atoms with Crippen molar-refractivity contribution in [2.24, 2.45) is 0 Å². The summed E-state index contributed by atoms with van der Waals surface area (Å²) in [4.78, 5) is 48.7. The highest BCUT2D eigenvalue weighted by atomic mass is 32.2. The van der Waals surface area contributed by atoms with Gasteiger partial charge in [-0.3, -0.25) is 9.57 Å². The number of nitrogens with zero attached hydrogens (tertiary/aromatic N) is 7. The molecule has 2 unspecified atom stereocenters. The van der Waals surface area contributed by atoms with E-state index in [1.807, 2.05) is 55.7 Å². The van der Waals surface area contributed by atoms with Crippen molar-refractivity contribution < 1.29 is 27.6 Å². The molecule has 7 heterocycles. The van der Waals surface area contributed by atoms with Crippen LogP contribution in [0.2, 0.25) is 0 Å². The molecule has 8 aromatic rings. The third-order valence-electron chi connectivity index (χ3n) is 12.8. The van der Waals surface area contributed by atoms with Gasteiger partial charge in [-0.1, -0.05) is 6.07 Å². The summed E-state index contributed by atoms with van der Waals surface area (Å²) in [6.45, 7) is 5.97. The van der Waals surface area contributed by atoms with E-state index in [9.17, 15) is 9.00 Å². The number of carbonyl (C=O) groups excluding carboxylic acids is 1. The number of pyridine rings is 1. The molecule has 1 saturated heterocycles. The molecule has 18 nitrogen and oxygen atoms in total. The molecule has 2 saturated carbocycles. The molecule has 6 aromatic heterocycles. The summed E-state index contributed by atoms with van der Waals surface area (Å²) in [5.41, 5.74) is 7.53. The van der Waals surface area contributed by atoms with Gasteiger partial charge in [-0.25, -0.2) is 24.1 Å². The fourth-order valence-electron chi connectivity index (χ4n) is 9.06. The van der Waals surface area contributed by atoms with E-state index in [1.54, 1.807) is 38.6 Å². The minimum atomic E-state index is -2.79. The summed E-state index contributed by atoms with van der Waals surface area (Å²) in [5, 5.41) is 7.61. The van der Waals surface area contributed by atoms with Gasteiger partial charge in [-0.05, 0) is 93.5 Å². The molecule has 2 aliphatic carbocycles. The fraction of sp³-hybridized carbons (Fsp3) is 0.354. The number of amides is 1. The van der Waals surface area contributed by atoms with Gasteiger partial charge < -0.3 is 44.1 Å². The van der Waals surface area contributed by atoms with Crippen LogP contribution in [-0.2, 0) is 19.2 Å². The van der Waals surface area contributed by atoms with Gasteiger partial charge in [-0.15, -0.1) is 0 Å². The topological polar surface area (TPSA) is 235 Å². The summed E-state index contributed by atoms with van der Waals surface area (Å²) in [7, 11) is 0.353. The van der Waals surface area contributed by atoms with Crippen molar-refractivity contribution in [2.45, 2.75) is 69.3 Å². The zero-order valence-electron chi connectivity index (χ0n) is 37.9. The second kappa shape index (κ2) is 17.6. The number of hydrogen-bond acceptors (Lipinski definition) is 15. The molecule has 3 aliphatic rings. The van der Waals surface area contributed by atoms with Crippen LogP contribution in [0.5, 0.6) is 11.6 Å². The zero-order chi connectivity index (χ0) is 46.5. The number of anilines is 3. The number of nitrogens with one attached hydrogen (secondary N) is 5. The lowest BCUT2D eigenvalue weighted by molar-refractivity contribution is 0.0962. The van der Waals surface area contributed by atoms with E-state index >= 15 is 0 Å². The molecule has 0 spiro atoms. The first-order chi connectivity index (χ1) is 32.4. The number of oxazole rings is 1. The van der Waals surface area contributed by atoms with Crippen LogP contribution in [0, 0.1) is 11.7 Å². The normalized spacial score (nSPS) is 17.8. The van der Waals surface area contributed by atoms with Crippen LogP contribution in [0.3, 0.4) is 0 Å². The standard InChI is InChI=1S/C28H28N6O4.C20H24N6O2S/c1-15-31-21-10-8-16(12-23(21)37-15)19-14-30-25-24(19)27(38-18-6-4-5-7-18)34-28(33-25)32-20-11-9-17(26(35)29-2)13-22(20)36-3;1-13-12-28-10-9-26(13)17-11-16(20(5-6-20)29(2,21)27)24-19(25-17)15-4-8-23-18-14(15)3-7-22-18/h8-14,18H,4-7H2,1-3H3,(H,29,35)(H2,30,32,33,34);3-4,7-8,11,13,21H,5-6,9-10,12H2,1-2H3,(H,22,23). The largest absolute Gasteiger partial charge is 0.495 e. The molecule has 2 aromatic carbocycles. The number of benzene rings is 2. The molecule has 19 heteroatoms. The summed E-state index contributed by atoms with van der Waals surface area (Å²) >= 11 is 0. The van der Waals surface area contributed by atoms with Crippen LogP contribution in [0.1, 0.15) is 67.4 Å². The number of aromatic nitrogens is 8. The molecule has 0 radical (unpaired) electrons. The molecular formula is C48H52N12O6S. The third kappa shape index (κ3) is 8.48. The predicted molar refractivity (Wildman–Crippen MR) is 257 cm³/mol. The van der Waals surface area contributed by atoms with Crippen molar-refractivity contribution in [1.82, 2.24) is 45.2 Å². The maximum absolute atomic E-state index is 12.8. The number of hydrogen-bond donors (Lipinski definition) is 5. The van der Waals surface area contributed by atoms with Crippen molar-refractivity contribution >= 4 is 66.3 Å². The van der Waals surface area contributed by atoms with Gasteiger partial charge in [0, 0.05) is 73.5 Å². The molecule has 1 amide bonds. The van der Waals surface area contributed by atoms with Gasteiger partial charge in [-0.2, -0.15) is 9.97 Å². The van der Waals surface area contributed by atoms with Crippen LogP contribution in [0.15, 0.2) is 77.6 Å². The molecule has 346 valence electrons. The first-order valence-electron chi connectivity index (χ1n) is 22.4. The fourth-order valence-corrected chi connectivity index (χ4v) is 10.4. The smallest absolute Gasteiger partial charge is 0.251 e. The monoisotopic (exact) mass is 924 g/mol. The zero-order valence-corrected chi connectivity index (χ0v) is 38.8. The molecule has 5 N–H and O–H groups in total. The maximum atomic E-state index is 12.8. The van der Waals surface area contributed by atoms with Gasteiger partial charge in [0.2, 0.25) is 11.8 Å². The number of aryl methyl sites for hydroxylation is 1. The Balaban J connectivity index is 0.000000162. The van der Waals surface area contributed by atoms with E-state index < -0.39 is 14.5 Å². The SMILES string of the molecule is CC1COCCN1c1cc(C2(S(C)(=N)=O)CC2)nc(-c2ccnc3[nH]ccc23)n1.CNC(=O)c1ccc(Nc2nc(OC3CCCC3)c3c(-c4ccc5nc(C)oc5c4)c[nH]c3n2)c(OC)c1. The highest BCUT2D eigenvalue weighted by Gasteiger charge is 2.53. The highest BCUT2D eigenvalue weighted by Crippen LogP contribution is 2.53. The van der Waals surface area contributed by atoms with Crippen molar-refractivity contribution in [3.8, 4) is 34.1 Å². The number of rotatable bonds is 11. The second-order valence-electron chi connectivity index (χ2n) is 17.3. The molecule has 2 atom stereocenters. The summed E-state index contributed by atoms with van der Waals surface area (Å²) < 4.78 is 43.8. The van der Waals surface area contributed by atoms with Gasteiger partial charge in [0.05, 0.1) is 57.6 Å². The first-order valence-corrected chi connectivity index (χ1v) is 24.4. The second-order valence-corrected chi connectivity index (χ2v) is 19.8. The Morgan fingerprint density at radius 3 is 2.58 bits per heavy atom.